The zero-order valence-electron chi connectivity index (χ0n) is 14.1. The van der Waals surface area contributed by atoms with E-state index in [1.807, 2.05) is 0 Å². The molecule has 0 fully saturated rings. The van der Waals surface area contributed by atoms with E-state index in [4.69, 9.17) is 9.47 Å². The highest BCUT2D eigenvalue weighted by molar-refractivity contribution is 5.50. The van der Waals surface area contributed by atoms with E-state index in [1.165, 1.54) is 11.1 Å². The maximum Gasteiger partial charge on any atom is 0.270 e. The average Bonchev–Trinajstić information content (AvgIpc) is 3.05. The fourth-order valence-electron chi connectivity index (χ4n) is 3.88. The van der Waals surface area contributed by atoms with Crippen LogP contribution in [0, 0.1) is 10.1 Å². The molecule has 1 aliphatic heterocycles. The number of non-ortho nitro benzene ring substituents is 1. The Hall–Kier alpha value is -2.44. The van der Waals surface area contributed by atoms with Gasteiger partial charge in [-0.25, -0.2) is 0 Å². The first kappa shape index (κ1) is 16.1. The van der Waals surface area contributed by atoms with Crippen molar-refractivity contribution in [2.24, 2.45) is 0 Å². The molecule has 2 aliphatic rings. The van der Waals surface area contributed by atoms with Crippen molar-refractivity contribution in [3.05, 3.63) is 68.8 Å². The molecule has 0 saturated carbocycles. The minimum absolute atomic E-state index is 0.0862. The maximum absolute atomic E-state index is 11.3. The van der Waals surface area contributed by atoms with Crippen molar-refractivity contribution in [2.75, 3.05) is 13.8 Å². The van der Waals surface area contributed by atoms with E-state index in [9.17, 15) is 10.1 Å². The van der Waals surface area contributed by atoms with Crippen LogP contribution in [0.2, 0.25) is 0 Å². The lowest BCUT2D eigenvalue weighted by molar-refractivity contribution is -0.385. The Labute approximate surface area is 146 Å². The highest BCUT2D eigenvalue weighted by Gasteiger charge is 2.28. The van der Waals surface area contributed by atoms with Crippen LogP contribution in [0.15, 0.2) is 36.4 Å². The van der Waals surface area contributed by atoms with E-state index >= 15 is 0 Å². The number of hydrogen-bond acceptors (Lipinski definition) is 5. The van der Waals surface area contributed by atoms with E-state index < -0.39 is 0 Å². The maximum atomic E-state index is 11.3. The van der Waals surface area contributed by atoms with E-state index in [-0.39, 0.29) is 17.4 Å². The molecule has 0 radical (unpaired) electrons. The zero-order valence-corrected chi connectivity index (χ0v) is 14.1. The van der Waals surface area contributed by atoms with E-state index in [0.717, 1.165) is 29.7 Å². The lowest BCUT2D eigenvalue weighted by Gasteiger charge is -2.27. The highest BCUT2D eigenvalue weighted by Crippen LogP contribution is 2.38. The number of ether oxygens (including phenoxy) is 2. The normalized spacial score (nSPS) is 18.6. The van der Waals surface area contributed by atoms with Crippen LogP contribution in [-0.2, 0) is 24.3 Å². The van der Waals surface area contributed by atoms with Crippen molar-refractivity contribution in [1.29, 1.82) is 0 Å². The van der Waals surface area contributed by atoms with Gasteiger partial charge in [0.05, 0.1) is 11.5 Å². The van der Waals surface area contributed by atoms with Crippen LogP contribution in [0.25, 0.3) is 0 Å². The van der Waals surface area contributed by atoms with Crippen LogP contribution in [0.5, 0.6) is 5.75 Å². The Bertz CT molecular complexity index is 821. The van der Waals surface area contributed by atoms with Crippen LogP contribution in [0.3, 0.4) is 0 Å². The van der Waals surface area contributed by atoms with Gasteiger partial charge >= 0.3 is 0 Å². The lowest BCUT2D eigenvalue weighted by Crippen LogP contribution is -2.24. The predicted molar refractivity (Wildman–Crippen MR) is 92.4 cm³/mol. The summed E-state index contributed by atoms with van der Waals surface area (Å²) >= 11 is 0. The molecule has 4 rings (SSSR count). The number of hydrogen-bond donors (Lipinski definition) is 0. The number of nitrogens with zero attached hydrogens (tertiary/aromatic N) is 2. The largest absolute Gasteiger partial charge is 0.467 e. The van der Waals surface area contributed by atoms with Crippen LogP contribution < -0.4 is 4.74 Å². The van der Waals surface area contributed by atoms with Gasteiger partial charge < -0.3 is 9.47 Å². The van der Waals surface area contributed by atoms with Crippen molar-refractivity contribution >= 4 is 5.69 Å². The summed E-state index contributed by atoms with van der Waals surface area (Å²) in [4.78, 5) is 13.2. The van der Waals surface area contributed by atoms with E-state index in [2.05, 4.69) is 36.2 Å². The molecule has 2 aromatic rings. The fourth-order valence-corrected chi connectivity index (χ4v) is 3.88. The molecule has 1 atom stereocenters. The van der Waals surface area contributed by atoms with Crippen LogP contribution in [0.1, 0.15) is 34.7 Å². The van der Waals surface area contributed by atoms with Gasteiger partial charge in [-0.05, 0) is 31.0 Å². The summed E-state index contributed by atoms with van der Waals surface area (Å²) in [6, 6.07) is 12.0. The smallest absolute Gasteiger partial charge is 0.270 e. The molecule has 0 unspecified atom stereocenters. The second-order valence-corrected chi connectivity index (χ2v) is 6.63. The second-order valence-electron chi connectivity index (χ2n) is 6.63. The number of aryl methyl sites for hydroxylation is 1. The van der Waals surface area contributed by atoms with Gasteiger partial charge in [-0.1, -0.05) is 24.3 Å². The molecule has 0 bridgehead atoms. The molecule has 1 heterocycles. The Morgan fingerprint density at radius 2 is 2.12 bits per heavy atom. The Balaban J connectivity index is 1.64. The summed E-state index contributed by atoms with van der Waals surface area (Å²) in [5.74, 6) is 0.731. The van der Waals surface area contributed by atoms with Gasteiger partial charge in [-0.15, -0.1) is 0 Å². The molecule has 2 aromatic carbocycles. The van der Waals surface area contributed by atoms with E-state index in [1.54, 1.807) is 12.1 Å². The first-order valence-electron chi connectivity index (χ1n) is 8.42. The van der Waals surface area contributed by atoms with Crippen molar-refractivity contribution in [2.45, 2.75) is 32.0 Å². The van der Waals surface area contributed by atoms with Gasteiger partial charge in [0.25, 0.3) is 5.69 Å². The van der Waals surface area contributed by atoms with Crippen LogP contribution >= 0.6 is 0 Å². The first-order chi connectivity index (χ1) is 12.1. The molecule has 0 amide bonds. The topological polar surface area (TPSA) is 64.8 Å². The SMILES string of the molecule is CN(Cc1cc([N+](=O)[O-])cc2c1OCOC2)[C@H]1CCc2ccccc21. The van der Waals surface area contributed by atoms with Gasteiger partial charge in [-0.3, -0.25) is 15.0 Å². The van der Waals surface area contributed by atoms with Gasteiger partial charge in [0.15, 0.2) is 6.79 Å². The predicted octanol–water partition coefficient (Wildman–Crippen LogP) is 3.58. The molecule has 0 spiro atoms. The minimum atomic E-state index is -0.358. The van der Waals surface area contributed by atoms with Crippen molar-refractivity contribution in [3.63, 3.8) is 0 Å². The van der Waals surface area contributed by atoms with Crippen LogP contribution in [0.4, 0.5) is 5.69 Å². The minimum Gasteiger partial charge on any atom is -0.467 e. The molecular formula is C19H20N2O4. The molecule has 25 heavy (non-hydrogen) atoms. The number of nitro groups is 1. The second kappa shape index (κ2) is 6.46. The molecule has 130 valence electrons. The van der Waals surface area contributed by atoms with E-state index in [0.29, 0.717) is 19.2 Å². The summed E-state index contributed by atoms with van der Waals surface area (Å²) in [6.45, 7) is 1.14. The third-order valence-corrected chi connectivity index (χ3v) is 5.04. The van der Waals surface area contributed by atoms with Gasteiger partial charge in [-0.2, -0.15) is 0 Å². The number of fused-ring (bicyclic) bond motifs is 2. The summed E-state index contributed by atoms with van der Waals surface area (Å²) in [5.41, 5.74) is 4.43. The molecular weight excluding hydrogens is 320 g/mol. The summed E-state index contributed by atoms with van der Waals surface area (Å²) in [6.07, 6.45) is 2.14. The van der Waals surface area contributed by atoms with Gasteiger partial charge in [0.1, 0.15) is 5.75 Å². The third-order valence-electron chi connectivity index (χ3n) is 5.04. The number of benzene rings is 2. The fraction of sp³-hybridized carbons (Fsp3) is 0.368. The third kappa shape index (κ3) is 2.99. The quantitative estimate of drug-likeness (QED) is 0.629. The standard InChI is InChI=1S/C19H20N2O4/c1-20(18-7-6-13-4-2-3-5-17(13)18)10-14-8-16(21(22)23)9-15-11-24-12-25-19(14)15/h2-5,8-9,18H,6-7,10-12H2,1H3/t18-/m0/s1. The average molecular weight is 340 g/mol. The monoisotopic (exact) mass is 340 g/mol. The molecule has 0 N–H and O–H groups in total. The summed E-state index contributed by atoms with van der Waals surface area (Å²) < 4.78 is 10.9. The molecule has 6 nitrogen and oxygen atoms in total. The number of rotatable bonds is 4. The molecule has 0 aromatic heterocycles. The Morgan fingerprint density at radius 1 is 1.28 bits per heavy atom. The first-order valence-corrected chi connectivity index (χ1v) is 8.42. The lowest BCUT2D eigenvalue weighted by atomic mass is 10.0. The van der Waals surface area contributed by atoms with Crippen LogP contribution in [-0.4, -0.2) is 23.7 Å². The molecule has 6 heteroatoms. The molecule has 0 saturated heterocycles. The summed E-state index contributed by atoms with van der Waals surface area (Å²) in [5, 5.41) is 11.3. The van der Waals surface area contributed by atoms with Crippen molar-refractivity contribution < 1.29 is 14.4 Å². The zero-order chi connectivity index (χ0) is 17.4. The van der Waals surface area contributed by atoms with Gasteiger partial charge in [0.2, 0.25) is 0 Å². The van der Waals surface area contributed by atoms with Crippen molar-refractivity contribution in [3.8, 4) is 5.75 Å². The number of nitro benzene ring substituents is 1. The van der Waals surface area contributed by atoms with Crippen molar-refractivity contribution in [1.82, 2.24) is 4.90 Å². The van der Waals surface area contributed by atoms with Gasteiger partial charge in [0, 0.05) is 35.8 Å². The Morgan fingerprint density at radius 3 is 2.96 bits per heavy atom. The Kier molecular flexibility index (Phi) is 4.15. The molecule has 1 aliphatic carbocycles. The highest BCUT2D eigenvalue weighted by atomic mass is 16.7. The summed E-state index contributed by atoms with van der Waals surface area (Å²) in [7, 11) is 2.07.